The maximum absolute atomic E-state index is 12.2. The number of nitrogens with zero attached hydrogens (tertiary/aromatic N) is 2. The lowest BCUT2D eigenvalue weighted by atomic mass is 10.1. The van der Waals surface area contributed by atoms with E-state index in [1.807, 2.05) is 37.5 Å². The number of benzene rings is 1. The molecule has 132 valence electrons. The van der Waals surface area contributed by atoms with Gasteiger partial charge in [-0.2, -0.15) is 5.10 Å². The van der Waals surface area contributed by atoms with Gasteiger partial charge in [0.15, 0.2) is 0 Å². The molecule has 1 heterocycles. The number of hydrogen-bond donors (Lipinski definition) is 2. The first-order valence-corrected chi connectivity index (χ1v) is 7.34. The van der Waals surface area contributed by atoms with Gasteiger partial charge in [-0.25, -0.2) is 0 Å². The zero-order valence-electron chi connectivity index (χ0n) is 14.0. The third kappa shape index (κ3) is 5.43. The highest BCUT2D eigenvalue weighted by Crippen LogP contribution is 2.16. The zero-order chi connectivity index (χ0) is 16.7. The second kappa shape index (κ2) is 9.79. The molecule has 0 aliphatic rings. The van der Waals surface area contributed by atoms with Crippen LogP contribution in [0.25, 0.3) is 0 Å². The normalized spacial score (nSPS) is 11.3. The summed E-state index contributed by atoms with van der Waals surface area (Å²) in [6, 6.07) is 6.88. The molecule has 0 radical (unpaired) electrons. The fourth-order valence-electron chi connectivity index (χ4n) is 2.16. The third-order valence-electron chi connectivity index (χ3n) is 3.34. The molecule has 2 N–H and O–H groups in total. The molecule has 1 atom stereocenters. The Bertz CT molecular complexity index is 631. The Labute approximate surface area is 147 Å². The van der Waals surface area contributed by atoms with Crippen LogP contribution in [0.2, 0.25) is 0 Å². The first-order chi connectivity index (χ1) is 11.1. The molecule has 0 saturated carbocycles. The Morgan fingerprint density at radius 1 is 1.29 bits per heavy atom. The summed E-state index contributed by atoms with van der Waals surface area (Å²) in [6.07, 6.45) is 3.49. The highest BCUT2D eigenvalue weighted by atomic mass is 35.5. The molecule has 0 spiro atoms. The lowest BCUT2D eigenvalue weighted by molar-refractivity contribution is -0.123. The highest BCUT2D eigenvalue weighted by Gasteiger charge is 2.19. The standard InChI is InChI=1S/C16H22N4O3.ClH/c1-17-15(12-10-19-20(2)11-12)16(21)18-8-9-23-14-6-4-13(22-3)5-7-14;/h4-7,10-11,15,17H,8-9H2,1-3H3,(H,18,21);1H. The van der Waals surface area contributed by atoms with Gasteiger partial charge >= 0.3 is 0 Å². The van der Waals surface area contributed by atoms with Crippen molar-refractivity contribution in [1.82, 2.24) is 20.4 Å². The van der Waals surface area contributed by atoms with E-state index in [0.717, 1.165) is 17.1 Å². The molecule has 2 aromatic rings. The highest BCUT2D eigenvalue weighted by molar-refractivity contribution is 5.85. The van der Waals surface area contributed by atoms with E-state index < -0.39 is 6.04 Å². The van der Waals surface area contributed by atoms with Crippen molar-refractivity contribution in [2.75, 3.05) is 27.3 Å². The number of rotatable bonds is 8. The Morgan fingerprint density at radius 2 is 1.96 bits per heavy atom. The second-order valence-electron chi connectivity index (χ2n) is 4.98. The number of aromatic nitrogens is 2. The van der Waals surface area contributed by atoms with Crippen molar-refractivity contribution < 1.29 is 14.3 Å². The van der Waals surface area contributed by atoms with Gasteiger partial charge in [-0.3, -0.25) is 9.48 Å². The molecular formula is C16H23ClN4O3. The van der Waals surface area contributed by atoms with Crippen molar-refractivity contribution in [3.05, 3.63) is 42.2 Å². The van der Waals surface area contributed by atoms with Gasteiger partial charge in [0, 0.05) is 18.8 Å². The molecule has 0 fully saturated rings. The van der Waals surface area contributed by atoms with Crippen LogP contribution in [0.3, 0.4) is 0 Å². The smallest absolute Gasteiger partial charge is 0.241 e. The summed E-state index contributed by atoms with van der Waals surface area (Å²) < 4.78 is 12.3. The van der Waals surface area contributed by atoms with Crippen molar-refractivity contribution in [3.8, 4) is 11.5 Å². The molecule has 7 nitrogen and oxygen atoms in total. The molecule has 1 unspecified atom stereocenters. The molecule has 1 amide bonds. The van der Waals surface area contributed by atoms with Crippen LogP contribution in [-0.4, -0.2) is 43.0 Å². The van der Waals surface area contributed by atoms with Crippen molar-refractivity contribution in [3.63, 3.8) is 0 Å². The first kappa shape index (κ1) is 19.8. The predicted octanol–water partition coefficient (Wildman–Crippen LogP) is 1.31. The molecule has 1 aromatic carbocycles. The summed E-state index contributed by atoms with van der Waals surface area (Å²) in [5.74, 6) is 1.40. The van der Waals surface area contributed by atoms with Gasteiger partial charge in [0.2, 0.25) is 5.91 Å². The molecular weight excluding hydrogens is 332 g/mol. The largest absolute Gasteiger partial charge is 0.497 e. The van der Waals surface area contributed by atoms with Gasteiger partial charge in [-0.05, 0) is 31.3 Å². The van der Waals surface area contributed by atoms with E-state index >= 15 is 0 Å². The summed E-state index contributed by atoms with van der Waals surface area (Å²) in [7, 11) is 5.17. The van der Waals surface area contributed by atoms with Crippen LogP contribution in [0.1, 0.15) is 11.6 Å². The lowest BCUT2D eigenvalue weighted by Crippen LogP contribution is -2.37. The van der Waals surface area contributed by atoms with Gasteiger partial charge < -0.3 is 20.1 Å². The zero-order valence-corrected chi connectivity index (χ0v) is 14.8. The van der Waals surface area contributed by atoms with Crippen LogP contribution >= 0.6 is 12.4 Å². The number of carbonyl (C=O) groups excluding carboxylic acids is 1. The van der Waals surface area contributed by atoms with Crippen molar-refractivity contribution in [1.29, 1.82) is 0 Å². The number of aryl methyl sites for hydroxylation is 1. The fraction of sp³-hybridized carbons (Fsp3) is 0.375. The summed E-state index contributed by atoms with van der Waals surface area (Å²) >= 11 is 0. The van der Waals surface area contributed by atoms with E-state index in [-0.39, 0.29) is 18.3 Å². The average Bonchev–Trinajstić information content (AvgIpc) is 2.99. The number of carbonyl (C=O) groups is 1. The number of halogens is 1. The lowest BCUT2D eigenvalue weighted by Gasteiger charge is -2.14. The minimum Gasteiger partial charge on any atom is -0.497 e. The van der Waals surface area contributed by atoms with E-state index in [1.165, 1.54) is 0 Å². The van der Waals surface area contributed by atoms with E-state index in [0.29, 0.717) is 13.2 Å². The van der Waals surface area contributed by atoms with Crippen LogP contribution in [0.5, 0.6) is 11.5 Å². The Hall–Kier alpha value is -2.25. The van der Waals surface area contributed by atoms with Gasteiger partial charge in [-0.1, -0.05) is 0 Å². The SMILES string of the molecule is CNC(C(=O)NCCOc1ccc(OC)cc1)c1cnn(C)c1.Cl. The van der Waals surface area contributed by atoms with Crippen molar-refractivity contribution >= 4 is 18.3 Å². The molecule has 0 saturated heterocycles. The minimum atomic E-state index is -0.426. The van der Waals surface area contributed by atoms with Gasteiger partial charge in [0.25, 0.3) is 0 Å². The van der Waals surface area contributed by atoms with Gasteiger partial charge in [-0.15, -0.1) is 12.4 Å². The summed E-state index contributed by atoms with van der Waals surface area (Å²) in [4.78, 5) is 12.2. The number of nitrogens with one attached hydrogen (secondary N) is 2. The van der Waals surface area contributed by atoms with Gasteiger partial charge in [0.1, 0.15) is 24.1 Å². The first-order valence-electron chi connectivity index (χ1n) is 7.34. The summed E-state index contributed by atoms with van der Waals surface area (Å²) in [5, 5.41) is 9.91. The molecule has 0 bridgehead atoms. The topological polar surface area (TPSA) is 77.4 Å². The summed E-state index contributed by atoms with van der Waals surface area (Å²) in [6.45, 7) is 0.810. The number of likely N-dealkylation sites (N-methyl/N-ethyl adjacent to an activating group) is 1. The quantitative estimate of drug-likeness (QED) is 0.699. The minimum absolute atomic E-state index is 0. The van der Waals surface area contributed by atoms with Crippen LogP contribution in [0.15, 0.2) is 36.7 Å². The number of ether oxygens (including phenoxy) is 2. The predicted molar refractivity (Wildman–Crippen MR) is 93.8 cm³/mol. The van der Waals surface area contributed by atoms with Crippen LogP contribution in [-0.2, 0) is 11.8 Å². The Balaban J connectivity index is 0.00000288. The number of methoxy groups -OCH3 is 1. The summed E-state index contributed by atoms with van der Waals surface area (Å²) in [5.41, 5.74) is 0.823. The van der Waals surface area contributed by atoms with Crippen LogP contribution in [0, 0.1) is 0 Å². The van der Waals surface area contributed by atoms with Crippen molar-refractivity contribution in [2.45, 2.75) is 6.04 Å². The van der Waals surface area contributed by atoms with E-state index in [2.05, 4.69) is 15.7 Å². The van der Waals surface area contributed by atoms with Crippen LogP contribution < -0.4 is 20.1 Å². The van der Waals surface area contributed by atoms with E-state index in [9.17, 15) is 4.79 Å². The molecule has 1 aromatic heterocycles. The van der Waals surface area contributed by atoms with Crippen molar-refractivity contribution in [2.24, 2.45) is 7.05 Å². The molecule has 24 heavy (non-hydrogen) atoms. The maximum atomic E-state index is 12.2. The maximum Gasteiger partial charge on any atom is 0.241 e. The third-order valence-corrected chi connectivity index (χ3v) is 3.34. The van der Waals surface area contributed by atoms with Gasteiger partial charge in [0.05, 0.1) is 19.9 Å². The molecule has 0 aliphatic carbocycles. The average molecular weight is 355 g/mol. The van der Waals surface area contributed by atoms with Crippen LogP contribution in [0.4, 0.5) is 0 Å². The van der Waals surface area contributed by atoms with E-state index in [4.69, 9.17) is 9.47 Å². The molecule has 2 rings (SSSR count). The number of amides is 1. The molecule has 8 heteroatoms. The van der Waals surface area contributed by atoms with E-state index in [1.54, 1.807) is 25.0 Å². The Morgan fingerprint density at radius 3 is 2.50 bits per heavy atom. The molecule has 0 aliphatic heterocycles. The monoisotopic (exact) mass is 354 g/mol. The number of hydrogen-bond acceptors (Lipinski definition) is 5. The fourth-order valence-corrected chi connectivity index (χ4v) is 2.16. The second-order valence-corrected chi connectivity index (χ2v) is 4.98. The Kier molecular flexibility index (Phi) is 8.08.